The van der Waals surface area contributed by atoms with Gasteiger partial charge in [0.05, 0.1) is 0 Å². The third-order valence-electron chi connectivity index (χ3n) is 0. The molecule has 0 heterocycles. The molecule has 0 saturated carbocycles. The Morgan fingerprint density at radius 2 is 1.17 bits per heavy atom. The van der Waals surface area contributed by atoms with Gasteiger partial charge in [-0.2, -0.15) is 0 Å². The molecule has 0 bridgehead atoms. The summed E-state index contributed by atoms with van der Waals surface area (Å²) in [7, 11) is 0. The van der Waals surface area contributed by atoms with E-state index in [-0.39, 0.29) is 33.3 Å². The van der Waals surface area contributed by atoms with Crippen molar-refractivity contribution in [3.8, 4) is 0 Å². The summed E-state index contributed by atoms with van der Waals surface area (Å²) in [6.45, 7) is 0. The van der Waals surface area contributed by atoms with Gasteiger partial charge in [0.25, 0.3) is 0 Å². The molecule has 38 valence electrons. The quantitative estimate of drug-likeness (QED) is 0.311. The van der Waals surface area contributed by atoms with Crippen LogP contribution in [0, 0.1) is 0 Å². The molecule has 0 N–H and O–H groups in total. The minimum absolute atomic E-state index is 0. The Hall–Kier alpha value is 2.96. The number of hydrogen-bond donors (Lipinski definition) is 0. The van der Waals surface area contributed by atoms with Gasteiger partial charge in [-0.05, 0) is 0 Å². The zero-order chi connectivity index (χ0) is 3.58. The molecule has 0 fully saturated rings. The fourth-order valence-electron chi connectivity index (χ4n) is 0. The van der Waals surface area contributed by atoms with Crippen molar-refractivity contribution in [2.24, 2.45) is 0 Å². The first-order valence-electron chi connectivity index (χ1n) is 0.655. The minimum Gasteiger partial charge on any atom is -1.00 e. The van der Waals surface area contributed by atoms with Gasteiger partial charge in [-0.1, -0.05) is 75.2 Å². The maximum absolute atomic E-state index is 2.32. The summed E-state index contributed by atoms with van der Waals surface area (Å²) in [5, 5.41) is 0. The van der Waals surface area contributed by atoms with Crippen molar-refractivity contribution in [1.82, 2.24) is 0 Å². The molecule has 6 heavy (non-hydrogen) atoms. The Balaban J connectivity index is -0.00000000750. The van der Waals surface area contributed by atoms with Crippen LogP contribution in [0.1, 0.15) is 10.3 Å². The van der Waals surface area contributed by atoms with Gasteiger partial charge < -0.3 is 2.85 Å². The fourth-order valence-corrected chi connectivity index (χ4v) is 0. The van der Waals surface area contributed by atoms with Crippen LogP contribution in [-0.2, 0) is 0 Å². The summed E-state index contributed by atoms with van der Waals surface area (Å²) < 4.78 is 0.743. The van der Waals surface area contributed by atoms with Gasteiger partial charge in [0, 0.05) is 0 Å². The van der Waals surface area contributed by atoms with Crippen molar-refractivity contribution in [1.29, 1.82) is 0 Å². The summed E-state index contributed by atoms with van der Waals surface area (Å²) in [6, 6.07) is 0. The molecule has 0 unspecified atom stereocenters. The Labute approximate surface area is 99.1 Å². The van der Waals surface area contributed by atoms with Crippen molar-refractivity contribution in [2.45, 2.75) is 7.36 Å². The van der Waals surface area contributed by atoms with Crippen molar-refractivity contribution in [3.05, 3.63) is 0 Å². The Morgan fingerprint density at radius 1 is 1.17 bits per heavy atom. The summed E-state index contributed by atoms with van der Waals surface area (Å²) >= 11 is 6.95. The van der Waals surface area contributed by atoms with E-state index in [0.29, 0.717) is 0 Å². The van der Waals surface area contributed by atoms with Crippen molar-refractivity contribution in [3.63, 3.8) is 0 Å². The average molecular weight is 436 g/mol. The number of halogens is 3. The van der Waals surface area contributed by atoms with E-state index in [0.717, 1.165) is -0.0619 Å². The van der Waals surface area contributed by atoms with Crippen LogP contribution in [0.3, 0.4) is 0 Å². The van der Waals surface area contributed by atoms with Crippen LogP contribution >= 0.6 is 67.8 Å². The molecule has 0 rings (SSSR count). The van der Waals surface area contributed by atoms with Crippen LogP contribution in [0.2, 0.25) is 0 Å². The van der Waals surface area contributed by atoms with Crippen molar-refractivity contribution < 1.29 is 2.85 Å². The third kappa shape index (κ3) is 28.2. The normalized spacial score (nSPS) is 6.00. The van der Waals surface area contributed by atoms with E-state index in [1.54, 1.807) is 0 Å². The van der Waals surface area contributed by atoms with Crippen LogP contribution in [0.15, 0.2) is 0 Å². The minimum atomic E-state index is 0. The molecule has 0 aromatic heterocycles. The second-order valence-corrected chi connectivity index (χ2v) is 11.1. The number of rotatable bonds is 0. The molecule has 4 heteroatoms. The summed E-state index contributed by atoms with van der Waals surface area (Å²) in [6.07, 6.45) is 0. The van der Waals surface area contributed by atoms with E-state index in [2.05, 4.69) is 67.8 Å². The smallest absolute Gasteiger partial charge is 1.00 e. The van der Waals surface area contributed by atoms with Crippen LogP contribution in [-0.4, -0.2) is 23.0 Å². The molecule has 0 aliphatic heterocycles. The van der Waals surface area contributed by atoms with E-state index in [4.69, 9.17) is 0 Å². The van der Waals surface area contributed by atoms with E-state index in [1.807, 2.05) is 0 Å². The number of alkyl halides is 3. The van der Waals surface area contributed by atoms with Gasteiger partial charge in [0.2, 0.25) is 0 Å². The molecular weight excluding hydrogens is 429 g/mol. The van der Waals surface area contributed by atoms with Gasteiger partial charge in [-0.25, -0.2) is 0 Å². The first kappa shape index (κ1) is 16.0. The zero-order valence-electron chi connectivity index (χ0n) is 4.42. The molecule has 0 nitrogen and oxygen atoms in total. The molecular formula is C2H7I3Mg. The topological polar surface area (TPSA) is 0 Å². The SMILES string of the molecule is C.IC(I)I.[H-].[H-].[Mg+2]. The average Bonchev–Trinajstić information content (AvgIpc) is 0.811. The summed E-state index contributed by atoms with van der Waals surface area (Å²) in [4.78, 5) is 0. The van der Waals surface area contributed by atoms with Gasteiger partial charge >= 0.3 is 23.1 Å². The predicted octanol–water partition coefficient (Wildman–Crippen LogP) is 3.06. The van der Waals surface area contributed by atoms with Gasteiger partial charge in [-0.15, -0.1) is 0 Å². The molecule has 0 aliphatic rings. The molecule has 0 radical (unpaired) electrons. The van der Waals surface area contributed by atoms with E-state index in [1.165, 1.54) is 0 Å². The van der Waals surface area contributed by atoms with E-state index in [9.17, 15) is 0 Å². The van der Waals surface area contributed by atoms with Crippen LogP contribution in [0.4, 0.5) is 0 Å². The van der Waals surface area contributed by atoms with Crippen LogP contribution < -0.4 is 0 Å². The van der Waals surface area contributed by atoms with Gasteiger partial charge in [-0.3, -0.25) is 0 Å². The zero-order valence-corrected chi connectivity index (χ0v) is 10.3. The van der Waals surface area contributed by atoms with Crippen molar-refractivity contribution in [2.75, 3.05) is 0 Å². The summed E-state index contributed by atoms with van der Waals surface area (Å²) in [5.41, 5.74) is 0. The summed E-state index contributed by atoms with van der Waals surface area (Å²) in [5.74, 6) is 0. The van der Waals surface area contributed by atoms with E-state index >= 15 is 0 Å². The first-order valence-corrected chi connectivity index (χ1v) is 4.39. The predicted molar refractivity (Wildman–Crippen MR) is 60.6 cm³/mol. The molecule has 0 atom stereocenters. The second kappa shape index (κ2) is 10.9. The van der Waals surface area contributed by atoms with Crippen LogP contribution in [0.5, 0.6) is 0 Å². The third-order valence-corrected chi connectivity index (χ3v) is 0. The molecule has 0 aliphatic carbocycles. The first-order chi connectivity index (χ1) is 1.73. The Bertz CT molecular complexity index is 20.0. The monoisotopic (exact) mass is 436 g/mol. The van der Waals surface area contributed by atoms with Crippen molar-refractivity contribution >= 4 is 90.8 Å². The molecule has 0 aromatic rings. The van der Waals surface area contributed by atoms with Crippen LogP contribution in [0.25, 0.3) is 0 Å². The molecule has 0 spiro atoms. The standard InChI is InChI=1S/CHI3.CH4.Mg.2H/c2-1(3)4;;;;/h1H;1H4;;;/q;;+2;2*-1. The van der Waals surface area contributed by atoms with Gasteiger partial charge in [0.15, 0.2) is 0 Å². The van der Waals surface area contributed by atoms with E-state index < -0.39 is 0 Å². The number of hydrogen-bond acceptors (Lipinski definition) is 0. The second-order valence-electron chi connectivity index (χ2n) is 0.247. The molecule has 0 saturated heterocycles. The fraction of sp³-hybridized carbons (Fsp3) is 1.00. The maximum Gasteiger partial charge on any atom is 2.00 e. The van der Waals surface area contributed by atoms with Gasteiger partial charge in [0.1, 0.15) is -0.0619 Å². The Kier molecular flexibility index (Phi) is 28.9. The Morgan fingerprint density at radius 3 is 1.17 bits per heavy atom. The molecule has 0 aromatic carbocycles. The maximum atomic E-state index is 2.32. The largest absolute Gasteiger partial charge is 2.00 e. The molecule has 0 amide bonds.